The molecule has 1 atom stereocenters. The predicted molar refractivity (Wildman–Crippen MR) is 67.8 cm³/mol. The highest BCUT2D eigenvalue weighted by Crippen LogP contribution is 2.12. The second-order valence-electron chi connectivity index (χ2n) is 4.49. The second kappa shape index (κ2) is 6.16. The maximum Gasteiger partial charge on any atom is 0.336 e. The summed E-state index contributed by atoms with van der Waals surface area (Å²) in [5.41, 5.74) is -2.31. The number of aliphatic hydroxyl groups excluding tert-OH is 2. The van der Waals surface area contributed by atoms with E-state index in [2.05, 4.69) is 0 Å². The smallest absolute Gasteiger partial charge is 0.336 e. The van der Waals surface area contributed by atoms with E-state index < -0.39 is 30.3 Å². The van der Waals surface area contributed by atoms with E-state index in [0.29, 0.717) is 13.0 Å². The van der Waals surface area contributed by atoms with E-state index in [4.69, 9.17) is 14.9 Å². The van der Waals surface area contributed by atoms with Crippen molar-refractivity contribution < 1.29 is 14.9 Å². The summed E-state index contributed by atoms with van der Waals surface area (Å²) in [6.45, 7) is -0.418. The van der Waals surface area contributed by atoms with Gasteiger partial charge >= 0.3 is 17.1 Å². The lowest BCUT2D eigenvalue weighted by Crippen LogP contribution is -2.55. The largest absolute Gasteiger partial charge is 0.395 e. The van der Waals surface area contributed by atoms with Crippen LogP contribution >= 0.6 is 0 Å². The van der Waals surface area contributed by atoms with E-state index in [0.717, 1.165) is 13.7 Å². The number of hydrogen-bond donors (Lipinski definition) is 2. The highest BCUT2D eigenvalue weighted by molar-refractivity contribution is 4.80. The second-order valence-corrected chi connectivity index (χ2v) is 4.49. The van der Waals surface area contributed by atoms with Gasteiger partial charge in [-0.25, -0.2) is 28.1 Å². The minimum absolute atomic E-state index is 0.0470. The minimum atomic E-state index is -0.818. The molecule has 0 radical (unpaired) electrons. The maximum absolute atomic E-state index is 12.1. The standard InChI is InChI=1S/C11H17N3O6/c15-5-3-13-9(17)12(2-1-8-7-20-8)10(18)14(4-6-16)11(13)19/h8,15-16H,1-7H2. The van der Waals surface area contributed by atoms with Crippen molar-refractivity contribution in [3.8, 4) is 0 Å². The molecule has 9 nitrogen and oxygen atoms in total. The number of nitrogens with zero attached hydrogens (tertiary/aromatic N) is 3. The van der Waals surface area contributed by atoms with E-state index in [-0.39, 0.29) is 25.7 Å². The number of aliphatic hydroxyl groups is 2. The van der Waals surface area contributed by atoms with Crippen molar-refractivity contribution in [1.29, 1.82) is 0 Å². The molecule has 2 heterocycles. The Bertz CT molecular complexity index is 595. The Labute approximate surface area is 113 Å². The van der Waals surface area contributed by atoms with Crippen molar-refractivity contribution in [2.75, 3.05) is 19.8 Å². The number of ether oxygens (including phenoxy) is 1. The topological polar surface area (TPSA) is 119 Å². The zero-order valence-corrected chi connectivity index (χ0v) is 10.9. The van der Waals surface area contributed by atoms with Crippen LogP contribution < -0.4 is 17.1 Å². The van der Waals surface area contributed by atoms with Crippen LogP contribution in [0.3, 0.4) is 0 Å². The molecule has 0 aromatic carbocycles. The molecule has 2 rings (SSSR count). The molecular weight excluding hydrogens is 270 g/mol. The maximum atomic E-state index is 12.1. The van der Waals surface area contributed by atoms with Gasteiger partial charge in [0.1, 0.15) is 0 Å². The lowest BCUT2D eigenvalue weighted by atomic mass is 10.3. The number of aromatic nitrogens is 3. The summed E-state index contributed by atoms with van der Waals surface area (Å²) < 4.78 is 7.55. The molecule has 1 saturated heterocycles. The summed E-state index contributed by atoms with van der Waals surface area (Å²) in [7, 11) is 0. The van der Waals surface area contributed by atoms with Crippen molar-refractivity contribution in [3.05, 3.63) is 31.5 Å². The Hall–Kier alpha value is -1.71. The van der Waals surface area contributed by atoms with Gasteiger partial charge in [-0.05, 0) is 6.42 Å². The molecule has 1 aliphatic heterocycles. The van der Waals surface area contributed by atoms with Gasteiger partial charge in [0.25, 0.3) is 0 Å². The summed E-state index contributed by atoms with van der Waals surface area (Å²) in [4.78, 5) is 36.1. The predicted octanol–water partition coefficient (Wildman–Crippen LogP) is -3.05. The number of hydrogen-bond acceptors (Lipinski definition) is 6. The first-order valence-corrected chi connectivity index (χ1v) is 6.38. The molecule has 9 heteroatoms. The van der Waals surface area contributed by atoms with Gasteiger partial charge in [-0.2, -0.15) is 0 Å². The normalized spacial score (nSPS) is 17.4. The average molecular weight is 287 g/mol. The quantitative estimate of drug-likeness (QED) is 0.514. The molecule has 1 fully saturated rings. The van der Waals surface area contributed by atoms with E-state index in [1.165, 1.54) is 0 Å². The number of epoxide rings is 1. The molecule has 0 bridgehead atoms. The SMILES string of the molecule is O=c1n(CCO)c(=O)n(CCC2CO2)c(=O)n1CCO. The van der Waals surface area contributed by atoms with E-state index in [1.807, 2.05) is 0 Å². The zero-order valence-electron chi connectivity index (χ0n) is 10.9. The first-order valence-electron chi connectivity index (χ1n) is 6.38. The first kappa shape index (κ1) is 14.7. The van der Waals surface area contributed by atoms with Gasteiger partial charge in [-0.1, -0.05) is 0 Å². The Balaban J connectivity index is 2.49. The van der Waals surface area contributed by atoms with Crippen molar-refractivity contribution in [1.82, 2.24) is 13.7 Å². The fraction of sp³-hybridized carbons (Fsp3) is 0.727. The Morgan fingerprint density at radius 1 is 0.900 bits per heavy atom. The lowest BCUT2D eigenvalue weighted by Gasteiger charge is -2.12. The first-order chi connectivity index (χ1) is 9.60. The summed E-state index contributed by atoms with van der Waals surface area (Å²) in [6.07, 6.45) is 0.553. The van der Waals surface area contributed by atoms with Gasteiger partial charge in [0, 0.05) is 6.54 Å². The van der Waals surface area contributed by atoms with Crippen molar-refractivity contribution in [2.24, 2.45) is 0 Å². The summed E-state index contributed by atoms with van der Waals surface area (Å²) in [5, 5.41) is 17.8. The molecule has 1 aliphatic rings. The summed E-state index contributed by atoms with van der Waals surface area (Å²) in [5.74, 6) is 0. The Morgan fingerprint density at radius 2 is 1.30 bits per heavy atom. The van der Waals surface area contributed by atoms with Crippen molar-refractivity contribution >= 4 is 0 Å². The highest BCUT2D eigenvalue weighted by atomic mass is 16.6. The Kier molecular flexibility index (Phi) is 4.53. The highest BCUT2D eigenvalue weighted by Gasteiger charge is 2.23. The van der Waals surface area contributed by atoms with Gasteiger partial charge < -0.3 is 14.9 Å². The molecule has 0 amide bonds. The minimum Gasteiger partial charge on any atom is -0.395 e. The molecule has 1 aromatic rings. The van der Waals surface area contributed by atoms with Gasteiger partial charge in [0.2, 0.25) is 0 Å². The molecule has 112 valence electrons. The molecule has 0 saturated carbocycles. The molecule has 0 aliphatic carbocycles. The van der Waals surface area contributed by atoms with E-state index in [1.54, 1.807) is 0 Å². The molecule has 1 unspecified atom stereocenters. The van der Waals surface area contributed by atoms with Crippen LogP contribution in [0.2, 0.25) is 0 Å². The van der Waals surface area contributed by atoms with Gasteiger partial charge in [0.05, 0.1) is 39.0 Å². The van der Waals surface area contributed by atoms with Gasteiger partial charge in [-0.15, -0.1) is 0 Å². The van der Waals surface area contributed by atoms with Crippen LogP contribution in [-0.2, 0) is 24.4 Å². The van der Waals surface area contributed by atoms with Crippen LogP contribution in [0.5, 0.6) is 0 Å². The van der Waals surface area contributed by atoms with Crippen LogP contribution in [0.25, 0.3) is 0 Å². The molecule has 2 N–H and O–H groups in total. The third-order valence-electron chi connectivity index (χ3n) is 3.11. The zero-order chi connectivity index (χ0) is 14.7. The molecule has 0 spiro atoms. The van der Waals surface area contributed by atoms with E-state index >= 15 is 0 Å². The molecular formula is C11H17N3O6. The number of rotatable bonds is 7. The average Bonchev–Trinajstić information content (AvgIpc) is 3.24. The fourth-order valence-electron chi connectivity index (χ4n) is 1.96. The van der Waals surface area contributed by atoms with Gasteiger partial charge in [0.15, 0.2) is 0 Å². The summed E-state index contributed by atoms with van der Waals surface area (Å²) in [6, 6.07) is 0. The molecule has 20 heavy (non-hydrogen) atoms. The fourth-order valence-corrected chi connectivity index (χ4v) is 1.96. The third kappa shape index (κ3) is 2.89. The van der Waals surface area contributed by atoms with E-state index in [9.17, 15) is 14.4 Å². The van der Waals surface area contributed by atoms with Crippen LogP contribution in [0.1, 0.15) is 6.42 Å². The van der Waals surface area contributed by atoms with Crippen molar-refractivity contribution in [2.45, 2.75) is 32.2 Å². The van der Waals surface area contributed by atoms with Gasteiger partial charge in [-0.3, -0.25) is 0 Å². The molecule has 1 aromatic heterocycles. The van der Waals surface area contributed by atoms with Crippen LogP contribution in [0.4, 0.5) is 0 Å². The monoisotopic (exact) mass is 287 g/mol. The van der Waals surface area contributed by atoms with Crippen LogP contribution in [0, 0.1) is 0 Å². The third-order valence-corrected chi connectivity index (χ3v) is 3.11. The van der Waals surface area contributed by atoms with Crippen LogP contribution in [0.15, 0.2) is 14.4 Å². The summed E-state index contributed by atoms with van der Waals surface area (Å²) >= 11 is 0. The Morgan fingerprint density at radius 3 is 1.65 bits per heavy atom. The lowest BCUT2D eigenvalue weighted by molar-refractivity contribution is 0.249. The van der Waals surface area contributed by atoms with Crippen LogP contribution in [-0.4, -0.2) is 49.8 Å². The van der Waals surface area contributed by atoms with Crippen molar-refractivity contribution in [3.63, 3.8) is 0 Å².